The first-order valence-corrected chi connectivity index (χ1v) is 7.39. The second-order valence-corrected chi connectivity index (χ2v) is 5.27. The fourth-order valence-corrected chi connectivity index (χ4v) is 2.35. The minimum Gasteiger partial charge on any atom is -0.497 e. The zero-order valence-corrected chi connectivity index (χ0v) is 14.2. The van der Waals surface area contributed by atoms with E-state index < -0.39 is 5.91 Å². The van der Waals surface area contributed by atoms with Crippen molar-refractivity contribution in [3.8, 4) is 23.0 Å². The quantitative estimate of drug-likeness (QED) is 0.756. The molecular weight excluding hydrogens is 326 g/mol. The summed E-state index contributed by atoms with van der Waals surface area (Å²) in [6.07, 6.45) is 1.75. The minimum absolute atomic E-state index is 0.0325. The molecule has 0 spiro atoms. The van der Waals surface area contributed by atoms with Crippen LogP contribution in [0.2, 0.25) is 0 Å². The summed E-state index contributed by atoms with van der Waals surface area (Å²) in [5.41, 5.74) is 1.60. The van der Waals surface area contributed by atoms with Crippen molar-refractivity contribution in [3.63, 3.8) is 0 Å². The van der Waals surface area contributed by atoms with Crippen LogP contribution in [0.3, 0.4) is 0 Å². The summed E-state index contributed by atoms with van der Waals surface area (Å²) in [5, 5.41) is 14.4. The largest absolute Gasteiger partial charge is 0.497 e. The topological polar surface area (TPSA) is 104 Å². The predicted molar refractivity (Wildman–Crippen MR) is 88.7 cm³/mol. The number of hydrogen-bond acceptors (Lipinski definition) is 7. The van der Waals surface area contributed by atoms with E-state index >= 15 is 0 Å². The molecule has 0 aliphatic heterocycles. The zero-order chi connectivity index (χ0) is 18.0. The summed E-state index contributed by atoms with van der Waals surface area (Å²) in [5.74, 6) is 0.932. The van der Waals surface area contributed by atoms with Crippen molar-refractivity contribution in [3.05, 3.63) is 35.7 Å². The molecule has 2 aromatic heterocycles. The van der Waals surface area contributed by atoms with E-state index in [1.54, 1.807) is 50.2 Å². The summed E-state index contributed by atoms with van der Waals surface area (Å²) in [6.45, 7) is 1.79. The van der Waals surface area contributed by atoms with Gasteiger partial charge in [0.2, 0.25) is 0 Å². The van der Waals surface area contributed by atoms with Crippen molar-refractivity contribution < 1.29 is 18.7 Å². The van der Waals surface area contributed by atoms with Gasteiger partial charge in [0.15, 0.2) is 5.69 Å². The van der Waals surface area contributed by atoms with E-state index in [-0.39, 0.29) is 11.9 Å². The van der Waals surface area contributed by atoms with Crippen LogP contribution in [-0.2, 0) is 7.05 Å². The number of amides is 1. The molecule has 0 aliphatic carbocycles. The van der Waals surface area contributed by atoms with Crippen LogP contribution in [0.25, 0.3) is 11.5 Å². The summed E-state index contributed by atoms with van der Waals surface area (Å²) in [7, 11) is 4.83. The molecule has 9 heteroatoms. The van der Waals surface area contributed by atoms with E-state index in [1.807, 2.05) is 0 Å². The molecule has 2 heterocycles. The van der Waals surface area contributed by atoms with Gasteiger partial charge in [0.25, 0.3) is 11.8 Å². The van der Waals surface area contributed by atoms with Crippen LogP contribution < -0.4 is 14.8 Å². The highest BCUT2D eigenvalue weighted by atomic mass is 16.5. The Bertz CT molecular complexity index is 915. The first kappa shape index (κ1) is 16.5. The SMILES string of the molecule is COc1ccc(OC)c(-c2nnc(NC(=O)c3nn(C)cc3C)o2)c1. The van der Waals surface area contributed by atoms with Gasteiger partial charge in [0.05, 0.1) is 19.8 Å². The lowest BCUT2D eigenvalue weighted by Gasteiger charge is -2.07. The second-order valence-electron chi connectivity index (χ2n) is 5.27. The third-order valence-corrected chi connectivity index (χ3v) is 3.51. The normalized spacial score (nSPS) is 10.6. The fourth-order valence-electron chi connectivity index (χ4n) is 2.35. The average Bonchev–Trinajstić information content (AvgIpc) is 3.20. The van der Waals surface area contributed by atoms with Gasteiger partial charge >= 0.3 is 6.01 Å². The summed E-state index contributed by atoms with van der Waals surface area (Å²) < 4.78 is 17.6. The summed E-state index contributed by atoms with van der Waals surface area (Å²) in [4.78, 5) is 12.3. The van der Waals surface area contributed by atoms with Gasteiger partial charge in [0, 0.05) is 18.8 Å². The highest BCUT2D eigenvalue weighted by Crippen LogP contribution is 2.33. The number of aryl methyl sites for hydroxylation is 2. The Morgan fingerprint density at radius 3 is 2.68 bits per heavy atom. The fraction of sp³-hybridized carbons (Fsp3) is 0.250. The van der Waals surface area contributed by atoms with Crippen LogP contribution >= 0.6 is 0 Å². The molecule has 0 bridgehead atoms. The number of nitrogens with zero attached hydrogens (tertiary/aromatic N) is 4. The molecule has 3 aromatic rings. The van der Waals surface area contributed by atoms with Gasteiger partial charge in [-0.3, -0.25) is 14.8 Å². The molecule has 0 saturated carbocycles. The smallest absolute Gasteiger partial charge is 0.322 e. The first-order valence-electron chi connectivity index (χ1n) is 7.39. The van der Waals surface area contributed by atoms with E-state index in [4.69, 9.17) is 13.9 Å². The van der Waals surface area contributed by atoms with E-state index in [0.29, 0.717) is 22.8 Å². The van der Waals surface area contributed by atoms with Gasteiger partial charge in [-0.05, 0) is 25.1 Å². The van der Waals surface area contributed by atoms with Crippen LogP contribution in [0.15, 0.2) is 28.8 Å². The Kier molecular flexibility index (Phi) is 4.38. The van der Waals surface area contributed by atoms with Crippen molar-refractivity contribution in [2.45, 2.75) is 6.92 Å². The molecule has 9 nitrogen and oxygen atoms in total. The summed E-state index contributed by atoms with van der Waals surface area (Å²) in [6, 6.07) is 5.16. The van der Waals surface area contributed by atoms with E-state index in [1.165, 1.54) is 7.11 Å². The Balaban J connectivity index is 1.86. The van der Waals surface area contributed by atoms with Gasteiger partial charge in [-0.15, -0.1) is 5.10 Å². The van der Waals surface area contributed by atoms with Crippen molar-refractivity contribution in [1.82, 2.24) is 20.0 Å². The molecule has 0 atom stereocenters. The maximum absolute atomic E-state index is 12.3. The van der Waals surface area contributed by atoms with Crippen molar-refractivity contribution >= 4 is 11.9 Å². The molecule has 0 aliphatic rings. The number of methoxy groups -OCH3 is 2. The van der Waals surface area contributed by atoms with Crippen LogP contribution in [0.4, 0.5) is 6.01 Å². The Labute approximate surface area is 143 Å². The Hall–Kier alpha value is -3.36. The van der Waals surface area contributed by atoms with Crippen molar-refractivity contribution in [1.29, 1.82) is 0 Å². The molecular formula is C16H17N5O4. The van der Waals surface area contributed by atoms with Gasteiger partial charge in [-0.2, -0.15) is 5.10 Å². The number of ether oxygens (including phenoxy) is 2. The number of carbonyl (C=O) groups is 1. The second kappa shape index (κ2) is 6.63. The lowest BCUT2D eigenvalue weighted by atomic mass is 10.2. The highest BCUT2D eigenvalue weighted by molar-refractivity contribution is 6.02. The molecule has 0 unspecified atom stereocenters. The number of hydrogen-bond donors (Lipinski definition) is 1. The van der Waals surface area contributed by atoms with E-state index in [2.05, 4.69) is 20.6 Å². The molecule has 0 saturated heterocycles. The molecule has 1 aromatic carbocycles. The number of carbonyl (C=O) groups excluding carboxylic acids is 1. The minimum atomic E-state index is -0.425. The van der Waals surface area contributed by atoms with Gasteiger partial charge in [-0.25, -0.2) is 0 Å². The number of anilines is 1. The van der Waals surface area contributed by atoms with Crippen LogP contribution in [0.5, 0.6) is 11.5 Å². The van der Waals surface area contributed by atoms with Crippen LogP contribution in [0.1, 0.15) is 16.1 Å². The monoisotopic (exact) mass is 343 g/mol. The Morgan fingerprint density at radius 1 is 1.24 bits per heavy atom. The molecule has 0 fully saturated rings. The standard InChI is InChI=1S/C16H17N5O4/c1-9-8-21(2)20-13(9)14(22)17-16-19-18-15(25-16)11-7-10(23-3)5-6-12(11)24-4/h5-8H,1-4H3,(H,17,19,22). The number of benzene rings is 1. The molecule has 1 N–H and O–H groups in total. The third-order valence-electron chi connectivity index (χ3n) is 3.51. The van der Waals surface area contributed by atoms with Gasteiger partial charge < -0.3 is 13.9 Å². The summed E-state index contributed by atoms with van der Waals surface area (Å²) >= 11 is 0. The molecule has 25 heavy (non-hydrogen) atoms. The molecule has 3 rings (SSSR count). The number of aromatic nitrogens is 4. The maximum Gasteiger partial charge on any atom is 0.322 e. The first-order chi connectivity index (χ1) is 12.0. The van der Waals surface area contributed by atoms with E-state index in [9.17, 15) is 4.79 Å². The lowest BCUT2D eigenvalue weighted by molar-refractivity contribution is 0.101. The Morgan fingerprint density at radius 2 is 2.04 bits per heavy atom. The predicted octanol–water partition coefficient (Wildman–Crippen LogP) is 2.05. The highest BCUT2D eigenvalue weighted by Gasteiger charge is 2.19. The number of nitrogens with one attached hydrogen (secondary N) is 1. The van der Waals surface area contributed by atoms with Crippen LogP contribution in [-0.4, -0.2) is 40.1 Å². The zero-order valence-electron chi connectivity index (χ0n) is 14.2. The molecule has 1 amide bonds. The van der Waals surface area contributed by atoms with E-state index in [0.717, 1.165) is 5.56 Å². The van der Waals surface area contributed by atoms with Crippen LogP contribution in [0, 0.1) is 6.92 Å². The lowest BCUT2D eigenvalue weighted by Crippen LogP contribution is -2.14. The third kappa shape index (κ3) is 3.30. The molecule has 0 radical (unpaired) electrons. The molecule has 130 valence electrons. The number of rotatable bonds is 5. The van der Waals surface area contributed by atoms with Crippen molar-refractivity contribution in [2.24, 2.45) is 7.05 Å². The van der Waals surface area contributed by atoms with Gasteiger partial charge in [-0.1, -0.05) is 5.10 Å². The van der Waals surface area contributed by atoms with Gasteiger partial charge in [0.1, 0.15) is 11.5 Å². The maximum atomic E-state index is 12.3. The average molecular weight is 343 g/mol. The van der Waals surface area contributed by atoms with Crippen molar-refractivity contribution in [2.75, 3.05) is 19.5 Å².